The molecule has 0 atom stereocenters. The third-order valence-electron chi connectivity index (χ3n) is 3.90. The van der Waals surface area contributed by atoms with Gasteiger partial charge in [0.25, 0.3) is 0 Å². The van der Waals surface area contributed by atoms with Crippen molar-refractivity contribution in [2.24, 2.45) is 0 Å². The number of allylic oxidation sites excluding steroid dienone is 2. The van der Waals surface area contributed by atoms with Crippen molar-refractivity contribution in [2.75, 3.05) is 6.61 Å². The van der Waals surface area contributed by atoms with Crippen molar-refractivity contribution in [3.63, 3.8) is 0 Å². The Labute approximate surface area is 151 Å². The maximum absolute atomic E-state index is 12.5. The maximum atomic E-state index is 12.5. The van der Waals surface area contributed by atoms with E-state index in [0.29, 0.717) is 5.75 Å². The average molecular weight is 357 g/mol. The Kier molecular flexibility index (Phi) is 6.54. The van der Waals surface area contributed by atoms with Crippen molar-refractivity contribution >= 4 is 0 Å². The van der Waals surface area contributed by atoms with E-state index in [1.54, 1.807) is 0 Å². The first-order valence-corrected chi connectivity index (χ1v) is 8.41. The van der Waals surface area contributed by atoms with Crippen LogP contribution in [0.25, 0.3) is 0 Å². The predicted molar refractivity (Wildman–Crippen MR) is 101 cm³/mol. The summed E-state index contributed by atoms with van der Waals surface area (Å²) in [6, 6.07) is 7.62. The monoisotopic (exact) mass is 357 g/mol. The van der Waals surface area contributed by atoms with Crippen molar-refractivity contribution in [3.05, 3.63) is 86.6 Å². The van der Waals surface area contributed by atoms with Crippen LogP contribution in [0.4, 0.5) is 0 Å². The molecule has 0 aliphatic rings. The molecule has 1 heterocycles. The first-order chi connectivity index (χ1) is 12.5. The number of nitrogens with zero attached hydrogens (tertiary/aromatic N) is 3. The molecule has 0 saturated heterocycles. The number of hydrogen-bond acceptors (Lipinski definition) is 4. The minimum absolute atomic E-state index is 0.0223. The molecule has 0 spiro atoms. The first-order valence-electron chi connectivity index (χ1n) is 8.41. The molecule has 0 N–H and O–H groups in total. The van der Waals surface area contributed by atoms with Gasteiger partial charge in [0.1, 0.15) is 12.4 Å². The van der Waals surface area contributed by atoms with Crippen LogP contribution in [0, 0.1) is 0 Å². The molecule has 0 aliphatic carbocycles. The Morgan fingerprint density at radius 1 is 0.962 bits per heavy atom. The van der Waals surface area contributed by atoms with Crippen LogP contribution in [0.5, 0.6) is 5.75 Å². The highest BCUT2D eigenvalue weighted by Crippen LogP contribution is 2.13. The molecular weight excluding hydrogens is 334 g/mol. The normalized spacial score (nSPS) is 10.5. The smallest absolute Gasteiger partial charge is 0.336 e. The average Bonchev–Trinajstić information content (AvgIpc) is 2.65. The lowest BCUT2D eigenvalue weighted by molar-refractivity contribution is 0.286. The summed E-state index contributed by atoms with van der Waals surface area (Å²) in [5.41, 5.74) is -0.891. The van der Waals surface area contributed by atoms with E-state index in [9.17, 15) is 14.4 Å². The third-order valence-corrected chi connectivity index (χ3v) is 3.90. The van der Waals surface area contributed by atoms with Gasteiger partial charge in [-0.15, -0.1) is 13.2 Å². The van der Waals surface area contributed by atoms with Crippen LogP contribution in [0.1, 0.15) is 12.5 Å². The van der Waals surface area contributed by atoms with Gasteiger partial charge < -0.3 is 4.74 Å². The van der Waals surface area contributed by atoms with Crippen molar-refractivity contribution in [2.45, 2.75) is 33.0 Å². The molecule has 0 bridgehead atoms. The second-order valence-electron chi connectivity index (χ2n) is 5.65. The van der Waals surface area contributed by atoms with E-state index in [2.05, 4.69) is 13.2 Å². The van der Waals surface area contributed by atoms with Crippen LogP contribution in [-0.2, 0) is 26.1 Å². The van der Waals surface area contributed by atoms with Gasteiger partial charge in [-0.25, -0.2) is 28.1 Å². The molecule has 0 amide bonds. The van der Waals surface area contributed by atoms with Gasteiger partial charge in [0.05, 0.1) is 19.6 Å². The van der Waals surface area contributed by atoms with E-state index in [0.717, 1.165) is 25.7 Å². The Hall–Kier alpha value is -3.09. The molecule has 0 unspecified atom stereocenters. The first kappa shape index (κ1) is 19.2. The number of benzene rings is 1. The third kappa shape index (κ3) is 4.11. The van der Waals surface area contributed by atoms with Crippen molar-refractivity contribution in [1.82, 2.24) is 13.7 Å². The summed E-state index contributed by atoms with van der Waals surface area (Å²) in [4.78, 5) is 37.3. The zero-order chi connectivity index (χ0) is 19.1. The summed E-state index contributed by atoms with van der Waals surface area (Å²) in [5, 5.41) is 0. The Morgan fingerprint density at radius 2 is 1.54 bits per heavy atom. The molecular formula is C19H23N3O4. The quantitative estimate of drug-likeness (QED) is 0.632. The largest absolute Gasteiger partial charge is 0.492 e. The topological polar surface area (TPSA) is 75.2 Å². The minimum atomic E-state index is -0.675. The fourth-order valence-corrected chi connectivity index (χ4v) is 2.55. The SMILES string of the molecule is C=CCn1c(=O)n(CC=C)c(=O)n(CCOc2cccc(CC)c2)c1=O. The molecule has 138 valence electrons. The molecule has 0 radical (unpaired) electrons. The molecule has 1 aromatic heterocycles. The highest BCUT2D eigenvalue weighted by molar-refractivity contribution is 5.28. The Bertz CT molecular complexity index is 918. The molecule has 0 saturated carbocycles. The zero-order valence-electron chi connectivity index (χ0n) is 14.9. The molecule has 0 aliphatic heterocycles. The number of hydrogen-bond donors (Lipinski definition) is 0. The Morgan fingerprint density at radius 3 is 2.08 bits per heavy atom. The maximum Gasteiger partial charge on any atom is 0.336 e. The fraction of sp³-hybridized carbons (Fsp3) is 0.316. The van der Waals surface area contributed by atoms with E-state index in [4.69, 9.17) is 4.74 Å². The van der Waals surface area contributed by atoms with E-state index in [1.807, 2.05) is 31.2 Å². The van der Waals surface area contributed by atoms with Crippen molar-refractivity contribution < 1.29 is 4.74 Å². The van der Waals surface area contributed by atoms with Crippen LogP contribution in [-0.4, -0.2) is 20.3 Å². The van der Waals surface area contributed by atoms with Gasteiger partial charge in [0.2, 0.25) is 0 Å². The summed E-state index contributed by atoms with van der Waals surface area (Å²) in [6.45, 7) is 9.34. The summed E-state index contributed by atoms with van der Waals surface area (Å²) in [7, 11) is 0. The van der Waals surface area contributed by atoms with Crippen molar-refractivity contribution in [1.29, 1.82) is 0 Å². The number of ether oxygens (including phenoxy) is 1. The molecule has 26 heavy (non-hydrogen) atoms. The summed E-state index contributed by atoms with van der Waals surface area (Å²) in [5.74, 6) is 0.670. The highest BCUT2D eigenvalue weighted by atomic mass is 16.5. The molecule has 2 aromatic rings. The van der Waals surface area contributed by atoms with Gasteiger partial charge in [-0.1, -0.05) is 31.2 Å². The second kappa shape index (κ2) is 8.84. The van der Waals surface area contributed by atoms with Crippen LogP contribution < -0.4 is 21.8 Å². The standard InChI is InChI=1S/C19H23N3O4/c1-4-10-20-17(23)21(11-5-2)19(25)22(18(20)24)12-13-26-16-9-7-8-15(6-3)14-16/h4-5,7-9,14H,1-2,6,10-13H2,3H3. The van der Waals surface area contributed by atoms with E-state index in [1.165, 1.54) is 12.2 Å². The molecule has 0 fully saturated rings. The predicted octanol–water partition coefficient (Wildman–Crippen LogP) is 1.19. The molecule has 2 rings (SSSR count). The molecule has 1 aromatic carbocycles. The lowest BCUT2D eigenvalue weighted by Gasteiger charge is -2.13. The second-order valence-corrected chi connectivity index (χ2v) is 5.65. The highest BCUT2D eigenvalue weighted by Gasteiger charge is 2.14. The molecule has 7 nitrogen and oxygen atoms in total. The zero-order valence-corrected chi connectivity index (χ0v) is 14.9. The van der Waals surface area contributed by atoms with Gasteiger partial charge in [-0.2, -0.15) is 0 Å². The number of rotatable bonds is 9. The summed E-state index contributed by atoms with van der Waals surface area (Å²) in [6.07, 6.45) is 3.75. The number of aromatic nitrogens is 3. The lowest BCUT2D eigenvalue weighted by atomic mass is 10.2. The van der Waals surface area contributed by atoms with E-state index in [-0.39, 0.29) is 26.2 Å². The fourth-order valence-electron chi connectivity index (χ4n) is 2.55. The van der Waals surface area contributed by atoms with Gasteiger partial charge in [0, 0.05) is 0 Å². The lowest BCUT2D eigenvalue weighted by Crippen LogP contribution is -2.54. The van der Waals surface area contributed by atoms with E-state index < -0.39 is 17.1 Å². The van der Waals surface area contributed by atoms with Crippen LogP contribution in [0.2, 0.25) is 0 Å². The Balaban J connectivity index is 2.31. The van der Waals surface area contributed by atoms with Crippen LogP contribution in [0.3, 0.4) is 0 Å². The van der Waals surface area contributed by atoms with Gasteiger partial charge in [-0.3, -0.25) is 0 Å². The molecule has 7 heteroatoms. The summed E-state index contributed by atoms with van der Waals surface area (Å²) >= 11 is 0. The minimum Gasteiger partial charge on any atom is -0.492 e. The van der Waals surface area contributed by atoms with Crippen molar-refractivity contribution in [3.8, 4) is 5.75 Å². The van der Waals surface area contributed by atoms with Gasteiger partial charge in [-0.05, 0) is 24.1 Å². The van der Waals surface area contributed by atoms with Crippen LogP contribution in [0.15, 0.2) is 64.0 Å². The number of aryl methyl sites for hydroxylation is 1. The summed E-state index contributed by atoms with van der Waals surface area (Å²) < 4.78 is 8.59. The van der Waals surface area contributed by atoms with E-state index >= 15 is 0 Å². The van der Waals surface area contributed by atoms with Crippen LogP contribution >= 0.6 is 0 Å². The van der Waals surface area contributed by atoms with Gasteiger partial charge in [0.15, 0.2) is 0 Å². The van der Waals surface area contributed by atoms with Gasteiger partial charge >= 0.3 is 17.1 Å².